The van der Waals surface area contributed by atoms with E-state index in [9.17, 15) is 9.90 Å². The second-order valence-corrected chi connectivity index (χ2v) is 5.02. The number of pyridine rings is 1. The number of aromatic amines is 1. The molecule has 0 amide bonds. The van der Waals surface area contributed by atoms with E-state index in [1.165, 1.54) is 6.07 Å². The van der Waals surface area contributed by atoms with Crippen LogP contribution in [-0.4, -0.2) is 10.1 Å². The zero-order chi connectivity index (χ0) is 12.6. The molecule has 2 N–H and O–H groups in total. The van der Waals surface area contributed by atoms with Crippen LogP contribution in [0.1, 0.15) is 32.8 Å². The Bertz CT molecular complexity index is 611. The molecule has 2 aromatic rings. The van der Waals surface area contributed by atoms with Gasteiger partial charge in [-0.2, -0.15) is 0 Å². The van der Waals surface area contributed by atoms with Gasteiger partial charge in [0.25, 0.3) is 5.56 Å². The number of hydrogen-bond donors (Lipinski definition) is 2. The van der Waals surface area contributed by atoms with Gasteiger partial charge in [0, 0.05) is 11.5 Å². The Kier molecular flexibility index (Phi) is 2.69. The van der Waals surface area contributed by atoms with Crippen LogP contribution in [0.5, 0.6) is 5.75 Å². The van der Waals surface area contributed by atoms with Crippen molar-refractivity contribution in [2.45, 2.75) is 32.6 Å². The summed E-state index contributed by atoms with van der Waals surface area (Å²) < 4.78 is 0. The number of hydrogen-bond acceptors (Lipinski definition) is 2. The van der Waals surface area contributed by atoms with Gasteiger partial charge in [0.1, 0.15) is 5.75 Å². The lowest BCUT2D eigenvalue weighted by atomic mass is 9.82. The van der Waals surface area contributed by atoms with Gasteiger partial charge in [0.2, 0.25) is 0 Å². The van der Waals surface area contributed by atoms with Gasteiger partial charge < -0.3 is 10.1 Å². The van der Waals surface area contributed by atoms with Crippen molar-refractivity contribution in [3.63, 3.8) is 0 Å². The summed E-state index contributed by atoms with van der Waals surface area (Å²) in [5.41, 5.74) is 1.62. The Labute approximate surface area is 100 Å². The van der Waals surface area contributed by atoms with Crippen molar-refractivity contribution in [2.75, 3.05) is 0 Å². The molecule has 0 saturated heterocycles. The molecular weight excluding hydrogens is 214 g/mol. The monoisotopic (exact) mass is 231 g/mol. The van der Waals surface area contributed by atoms with E-state index in [1.807, 2.05) is 18.2 Å². The molecule has 0 radical (unpaired) electrons. The minimum absolute atomic E-state index is 0.0394. The number of benzene rings is 1. The van der Waals surface area contributed by atoms with Crippen molar-refractivity contribution in [3.05, 3.63) is 40.2 Å². The van der Waals surface area contributed by atoms with Gasteiger partial charge in [-0.3, -0.25) is 4.79 Å². The third-order valence-corrected chi connectivity index (χ3v) is 3.49. The van der Waals surface area contributed by atoms with Crippen LogP contribution < -0.4 is 5.56 Å². The fourth-order valence-electron chi connectivity index (χ4n) is 1.86. The summed E-state index contributed by atoms with van der Waals surface area (Å²) in [6.07, 6.45) is 1.02. The van der Waals surface area contributed by atoms with E-state index >= 15 is 0 Å². The van der Waals surface area contributed by atoms with Crippen LogP contribution in [0.4, 0.5) is 0 Å². The highest BCUT2D eigenvalue weighted by Crippen LogP contribution is 2.31. The Balaban J connectivity index is 2.70. The van der Waals surface area contributed by atoms with Gasteiger partial charge in [0.05, 0.1) is 5.52 Å². The van der Waals surface area contributed by atoms with Crippen LogP contribution >= 0.6 is 0 Å². The van der Waals surface area contributed by atoms with Gasteiger partial charge in [0.15, 0.2) is 0 Å². The minimum Gasteiger partial charge on any atom is -0.507 e. The third-order valence-electron chi connectivity index (χ3n) is 3.49. The maximum Gasteiger partial charge on any atom is 0.252 e. The summed E-state index contributed by atoms with van der Waals surface area (Å²) in [5.74, 6) is 0.0394. The molecule has 0 aliphatic rings. The zero-order valence-corrected chi connectivity index (χ0v) is 10.4. The molecule has 0 saturated carbocycles. The van der Waals surface area contributed by atoms with E-state index in [1.54, 1.807) is 0 Å². The molecule has 0 aliphatic carbocycles. The molecule has 3 heteroatoms. The molecule has 1 aromatic heterocycles. The summed E-state index contributed by atoms with van der Waals surface area (Å²) in [4.78, 5) is 13.9. The average Bonchev–Trinajstić information content (AvgIpc) is 2.28. The quantitative estimate of drug-likeness (QED) is 0.835. The van der Waals surface area contributed by atoms with E-state index in [2.05, 4.69) is 25.8 Å². The van der Waals surface area contributed by atoms with E-state index < -0.39 is 0 Å². The zero-order valence-electron chi connectivity index (χ0n) is 10.4. The van der Waals surface area contributed by atoms with Gasteiger partial charge in [-0.1, -0.05) is 26.8 Å². The molecule has 17 heavy (non-hydrogen) atoms. The highest BCUT2D eigenvalue weighted by molar-refractivity contribution is 5.85. The molecule has 1 heterocycles. The molecule has 0 unspecified atom stereocenters. The molecule has 0 fully saturated rings. The van der Waals surface area contributed by atoms with Crippen LogP contribution in [0.3, 0.4) is 0 Å². The second kappa shape index (κ2) is 3.91. The lowest BCUT2D eigenvalue weighted by Crippen LogP contribution is -2.15. The normalized spacial score (nSPS) is 11.9. The van der Waals surface area contributed by atoms with Gasteiger partial charge in [-0.05, 0) is 29.5 Å². The van der Waals surface area contributed by atoms with Crippen molar-refractivity contribution < 1.29 is 5.11 Å². The van der Waals surface area contributed by atoms with E-state index in [4.69, 9.17) is 0 Å². The molecule has 0 aliphatic heterocycles. The Hall–Kier alpha value is -1.77. The summed E-state index contributed by atoms with van der Waals surface area (Å²) >= 11 is 0. The van der Waals surface area contributed by atoms with Crippen LogP contribution in [0, 0.1) is 0 Å². The van der Waals surface area contributed by atoms with Gasteiger partial charge in [-0.25, -0.2) is 0 Å². The summed E-state index contributed by atoms with van der Waals surface area (Å²) in [5, 5.41) is 10.5. The van der Waals surface area contributed by atoms with Crippen molar-refractivity contribution >= 4 is 10.9 Å². The molecular formula is C14H17NO2. The summed E-state index contributed by atoms with van der Waals surface area (Å²) in [6, 6.07) is 7.01. The predicted molar refractivity (Wildman–Crippen MR) is 69.6 cm³/mol. The van der Waals surface area contributed by atoms with E-state index in [-0.39, 0.29) is 16.7 Å². The molecule has 0 bridgehead atoms. The van der Waals surface area contributed by atoms with Crippen LogP contribution in [0.25, 0.3) is 10.9 Å². The summed E-state index contributed by atoms with van der Waals surface area (Å²) in [6.45, 7) is 6.46. The highest BCUT2D eigenvalue weighted by Gasteiger charge is 2.18. The lowest BCUT2D eigenvalue weighted by Gasteiger charge is -2.23. The fourth-order valence-corrected chi connectivity index (χ4v) is 1.86. The van der Waals surface area contributed by atoms with Crippen molar-refractivity contribution in [2.24, 2.45) is 0 Å². The third kappa shape index (κ3) is 2.05. The number of aromatic nitrogens is 1. The number of aromatic hydroxyl groups is 1. The van der Waals surface area contributed by atoms with Gasteiger partial charge >= 0.3 is 0 Å². The smallest absolute Gasteiger partial charge is 0.252 e. The number of H-pyrrole nitrogens is 1. The first-order chi connectivity index (χ1) is 7.94. The molecule has 90 valence electrons. The predicted octanol–water partition coefficient (Wildman–Crippen LogP) is 2.92. The van der Waals surface area contributed by atoms with Crippen molar-refractivity contribution in [3.8, 4) is 5.75 Å². The maximum absolute atomic E-state index is 11.2. The largest absolute Gasteiger partial charge is 0.507 e. The number of nitrogens with one attached hydrogen (secondary N) is 1. The molecule has 0 spiro atoms. The van der Waals surface area contributed by atoms with E-state index in [0.29, 0.717) is 10.9 Å². The molecule has 1 aromatic carbocycles. The molecule has 2 rings (SSSR count). The molecule has 0 atom stereocenters. The second-order valence-electron chi connectivity index (χ2n) is 5.02. The van der Waals surface area contributed by atoms with Crippen LogP contribution in [0.2, 0.25) is 0 Å². The first kappa shape index (κ1) is 11.7. The molecule has 3 nitrogen and oxygen atoms in total. The van der Waals surface area contributed by atoms with Crippen LogP contribution in [-0.2, 0) is 5.41 Å². The SMILES string of the molecule is CCC(C)(C)c1ccc2[nH]c(=O)cc(O)c2c1. The Morgan fingerprint density at radius 1 is 1.29 bits per heavy atom. The minimum atomic E-state index is -0.280. The lowest BCUT2D eigenvalue weighted by molar-refractivity contribution is 0.479. The Morgan fingerprint density at radius 3 is 2.65 bits per heavy atom. The van der Waals surface area contributed by atoms with Crippen molar-refractivity contribution in [1.29, 1.82) is 0 Å². The topological polar surface area (TPSA) is 53.1 Å². The van der Waals surface area contributed by atoms with Crippen LogP contribution in [0.15, 0.2) is 29.1 Å². The van der Waals surface area contributed by atoms with Crippen molar-refractivity contribution in [1.82, 2.24) is 4.98 Å². The highest BCUT2D eigenvalue weighted by atomic mass is 16.3. The fraction of sp³-hybridized carbons (Fsp3) is 0.357. The average molecular weight is 231 g/mol. The number of rotatable bonds is 2. The summed E-state index contributed by atoms with van der Waals surface area (Å²) in [7, 11) is 0. The Morgan fingerprint density at radius 2 is 2.00 bits per heavy atom. The first-order valence-electron chi connectivity index (χ1n) is 5.80. The number of fused-ring (bicyclic) bond motifs is 1. The maximum atomic E-state index is 11.2. The van der Waals surface area contributed by atoms with E-state index in [0.717, 1.165) is 12.0 Å². The first-order valence-corrected chi connectivity index (χ1v) is 5.80. The standard InChI is InChI=1S/C14H17NO2/c1-4-14(2,3)9-5-6-11-10(7-9)12(16)8-13(17)15-11/h5-8H,4H2,1-3H3,(H2,15,16,17). The van der Waals surface area contributed by atoms with Gasteiger partial charge in [-0.15, -0.1) is 0 Å².